The highest BCUT2D eigenvalue weighted by atomic mass is 35.5. The number of nitrogens with zero attached hydrogens (tertiary/aromatic N) is 1. The molecule has 0 aliphatic heterocycles. The maximum absolute atomic E-state index is 13.9. The number of rotatable bonds is 11. The normalized spacial score (nSPS) is 14.3. The highest BCUT2D eigenvalue weighted by molar-refractivity contribution is 6.36. The number of amides is 2. The maximum Gasteiger partial charge on any atom is 0.261 e. The van der Waals surface area contributed by atoms with Gasteiger partial charge in [0.1, 0.15) is 11.8 Å². The summed E-state index contributed by atoms with van der Waals surface area (Å²) in [7, 11) is 0. The Hall–Kier alpha value is -3.02. The van der Waals surface area contributed by atoms with Crippen LogP contribution in [0.15, 0.2) is 72.8 Å². The third-order valence-electron chi connectivity index (χ3n) is 7.25. The van der Waals surface area contributed by atoms with Crippen LogP contribution in [0.2, 0.25) is 10.0 Å². The molecule has 1 N–H and O–H groups in total. The van der Waals surface area contributed by atoms with Crippen molar-refractivity contribution in [2.45, 2.75) is 70.5 Å². The van der Waals surface area contributed by atoms with Gasteiger partial charge in [0, 0.05) is 34.6 Å². The van der Waals surface area contributed by atoms with Crippen LogP contribution in [-0.4, -0.2) is 35.4 Å². The molecule has 0 spiro atoms. The molecule has 3 aromatic rings. The smallest absolute Gasteiger partial charge is 0.261 e. The molecule has 0 radical (unpaired) electrons. The molecular formula is C32H36Cl2N2O3. The predicted molar refractivity (Wildman–Crippen MR) is 157 cm³/mol. The van der Waals surface area contributed by atoms with Crippen molar-refractivity contribution in [3.8, 4) is 5.75 Å². The fourth-order valence-corrected chi connectivity index (χ4v) is 5.60. The van der Waals surface area contributed by atoms with Gasteiger partial charge >= 0.3 is 0 Å². The third kappa shape index (κ3) is 7.77. The number of benzene rings is 3. The molecule has 2 amide bonds. The number of ether oxygens (including phenoxy) is 1. The van der Waals surface area contributed by atoms with Crippen molar-refractivity contribution in [2.75, 3.05) is 6.61 Å². The van der Waals surface area contributed by atoms with Crippen LogP contribution < -0.4 is 10.1 Å². The monoisotopic (exact) mass is 566 g/mol. The lowest BCUT2D eigenvalue weighted by Crippen LogP contribution is -2.53. The van der Waals surface area contributed by atoms with Crippen LogP contribution in [0.1, 0.15) is 62.1 Å². The van der Waals surface area contributed by atoms with Gasteiger partial charge in [0.25, 0.3) is 5.91 Å². The van der Waals surface area contributed by atoms with Crippen LogP contribution in [0.5, 0.6) is 5.75 Å². The van der Waals surface area contributed by atoms with Crippen LogP contribution >= 0.6 is 23.2 Å². The van der Waals surface area contributed by atoms with E-state index < -0.39 is 6.04 Å². The zero-order chi connectivity index (χ0) is 27.8. The molecule has 0 saturated heterocycles. The van der Waals surface area contributed by atoms with Crippen LogP contribution in [0, 0.1) is 0 Å². The predicted octanol–water partition coefficient (Wildman–Crippen LogP) is 7.19. The van der Waals surface area contributed by atoms with Gasteiger partial charge in [-0.05, 0) is 48.1 Å². The summed E-state index contributed by atoms with van der Waals surface area (Å²) in [6.45, 7) is 4.04. The van der Waals surface area contributed by atoms with Crippen molar-refractivity contribution in [1.29, 1.82) is 0 Å². The van der Waals surface area contributed by atoms with Gasteiger partial charge in [-0.1, -0.05) is 104 Å². The molecule has 5 nitrogen and oxygen atoms in total. The summed E-state index contributed by atoms with van der Waals surface area (Å²) in [5, 5.41) is 4.10. The van der Waals surface area contributed by atoms with Crippen molar-refractivity contribution >= 4 is 35.0 Å². The molecule has 3 aromatic carbocycles. The summed E-state index contributed by atoms with van der Waals surface area (Å²) in [4.78, 5) is 29.3. The highest BCUT2D eigenvalue weighted by Crippen LogP contribution is 2.29. The van der Waals surface area contributed by atoms with Crippen LogP contribution in [-0.2, 0) is 22.6 Å². The second-order valence-corrected chi connectivity index (χ2v) is 11.2. The van der Waals surface area contributed by atoms with Crippen molar-refractivity contribution < 1.29 is 14.3 Å². The zero-order valence-electron chi connectivity index (χ0n) is 22.5. The van der Waals surface area contributed by atoms with E-state index in [1.165, 1.54) is 0 Å². The molecule has 206 valence electrons. The molecule has 0 unspecified atom stereocenters. The number of hydrogen-bond acceptors (Lipinski definition) is 3. The van der Waals surface area contributed by atoms with E-state index in [0.717, 1.165) is 36.8 Å². The van der Waals surface area contributed by atoms with Crippen molar-refractivity contribution in [1.82, 2.24) is 10.2 Å². The topological polar surface area (TPSA) is 58.6 Å². The van der Waals surface area contributed by atoms with E-state index in [1.807, 2.05) is 54.6 Å². The van der Waals surface area contributed by atoms with Gasteiger partial charge in [-0.2, -0.15) is 0 Å². The van der Waals surface area contributed by atoms with E-state index in [1.54, 1.807) is 23.1 Å². The summed E-state index contributed by atoms with van der Waals surface area (Å²) >= 11 is 13.1. The first-order valence-electron chi connectivity index (χ1n) is 13.6. The van der Waals surface area contributed by atoms with Crippen molar-refractivity contribution in [3.05, 3.63) is 99.5 Å². The Morgan fingerprint density at radius 3 is 2.23 bits per heavy atom. The maximum atomic E-state index is 13.9. The summed E-state index contributed by atoms with van der Waals surface area (Å²) in [5.74, 6) is 0.404. The van der Waals surface area contributed by atoms with Gasteiger partial charge in [-0.25, -0.2) is 0 Å². The van der Waals surface area contributed by atoms with Crippen molar-refractivity contribution in [2.24, 2.45) is 0 Å². The number of nitrogens with one attached hydrogen (secondary N) is 1. The molecule has 1 aliphatic rings. The van der Waals surface area contributed by atoms with E-state index in [2.05, 4.69) is 19.2 Å². The number of carbonyl (C=O) groups excluding carboxylic acids is 2. The first kappa shape index (κ1) is 29.0. The Morgan fingerprint density at radius 2 is 1.56 bits per heavy atom. The average molecular weight is 568 g/mol. The van der Waals surface area contributed by atoms with E-state index in [9.17, 15) is 9.59 Å². The molecule has 4 rings (SSSR count). The Labute approximate surface area is 241 Å². The molecule has 0 heterocycles. The summed E-state index contributed by atoms with van der Waals surface area (Å²) < 4.78 is 6.06. The highest BCUT2D eigenvalue weighted by Gasteiger charge is 2.33. The Bertz CT molecular complexity index is 1240. The molecule has 1 fully saturated rings. The molecule has 1 aliphatic carbocycles. The first-order chi connectivity index (χ1) is 18.8. The van der Waals surface area contributed by atoms with Gasteiger partial charge in [0.05, 0.1) is 0 Å². The van der Waals surface area contributed by atoms with Crippen LogP contribution in [0.25, 0.3) is 0 Å². The largest absolute Gasteiger partial charge is 0.483 e. The van der Waals surface area contributed by atoms with E-state index in [0.29, 0.717) is 27.8 Å². The molecule has 1 atom stereocenters. The molecular weight excluding hydrogens is 531 g/mol. The summed E-state index contributed by atoms with van der Waals surface area (Å²) in [6, 6.07) is 22.1. The minimum absolute atomic E-state index is 0.0854. The third-order valence-corrected chi connectivity index (χ3v) is 7.96. The fourth-order valence-electron chi connectivity index (χ4n) is 5.09. The lowest BCUT2D eigenvalue weighted by Gasteiger charge is -2.33. The second kappa shape index (κ2) is 13.9. The Morgan fingerprint density at radius 1 is 0.923 bits per heavy atom. The van der Waals surface area contributed by atoms with Crippen LogP contribution in [0.4, 0.5) is 0 Å². The second-order valence-electron chi connectivity index (χ2n) is 10.4. The minimum Gasteiger partial charge on any atom is -0.483 e. The minimum atomic E-state index is -0.767. The molecule has 0 aromatic heterocycles. The Balaban J connectivity index is 1.66. The first-order valence-corrected chi connectivity index (χ1v) is 14.4. The lowest BCUT2D eigenvalue weighted by atomic mass is 10.0. The lowest BCUT2D eigenvalue weighted by molar-refractivity contribution is -0.143. The van der Waals surface area contributed by atoms with Gasteiger partial charge in [-0.15, -0.1) is 0 Å². The number of carbonyl (C=O) groups is 2. The fraction of sp³-hybridized carbons (Fsp3) is 0.375. The van der Waals surface area contributed by atoms with Gasteiger partial charge in [-0.3, -0.25) is 9.59 Å². The average Bonchev–Trinajstić information content (AvgIpc) is 3.44. The number of hydrogen-bond donors (Lipinski definition) is 1. The van der Waals surface area contributed by atoms with Crippen molar-refractivity contribution in [3.63, 3.8) is 0 Å². The SMILES string of the molecule is CC(C)c1ccccc1OCC(=O)N(Cc1c(Cl)cccc1Cl)[C@H](Cc1ccccc1)C(=O)NC1CCCC1. The van der Waals surface area contributed by atoms with E-state index >= 15 is 0 Å². The van der Waals surface area contributed by atoms with Gasteiger partial charge < -0.3 is 15.0 Å². The molecule has 0 bridgehead atoms. The van der Waals surface area contributed by atoms with E-state index in [-0.39, 0.29) is 36.9 Å². The van der Waals surface area contributed by atoms with Crippen LogP contribution in [0.3, 0.4) is 0 Å². The summed E-state index contributed by atoms with van der Waals surface area (Å²) in [6.07, 6.45) is 4.44. The quantitative estimate of drug-likeness (QED) is 0.267. The molecule has 39 heavy (non-hydrogen) atoms. The standard InChI is InChI=1S/C32H36Cl2N2O3/c1-22(2)25-15-8-9-18-30(25)39-21-31(37)36(20-26-27(33)16-10-17-28(26)34)29(19-23-11-4-3-5-12-23)32(38)35-24-13-6-7-14-24/h3-5,8-12,15-18,22,24,29H,6-7,13-14,19-21H2,1-2H3,(H,35,38)/t29-/m1/s1. The zero-order valence-corrected chi connectivity index (χ0v) is 24.0. The summed E-state index contributed by atoms with van der Waals surface area (Å²) in [5.41, 5.74) is 2.58. The number of para-hydroxylation sites is 1. The molecule has 7 heteroatoms. The molecule has 1 saturated carbocycles. The number of halogens is 2. The van der Waals surface area contributed by atoms with E-state index in [4.69, 9.17) is 27.9 Å². The van der Waals surface area contributed by atoms with Gasteiger partial charge in [0.15, 0.2) is 6.61 Å². The van der Waals surface area contributed by atoms with Gasteiger partial charge in [0.2, 0.25) is 5.91 Å². The Kier molecular flexibility index (Phi) is 10.3.